The third-order valence-electron chi connectivity index (χ3n) is 4.86. The Morgan fingerprint density at radius 2 is 1.91 bits per heavy atom. The first kappa shape index (κ1) is 14.3. The van der Waals surface area contributed by atoms with Crippen molar-refractivity contribution in [2.45, 2.75) is 39.5 Å². The third kappa shape index (κ3) is 2.50. The molecule has 2 aromatic heterocycles. The molecule has 4 rings (SSSR count). The van der Waals surface area contributed by atoms with E-state index in [-0.39, 0.29) is 0 Å². The average Bonchev–Trinajstić information content (AvgIpc) is 2.91. The molecule has 1 aromatic carbocycles. The smallest absolute Gasteiger partial charge is 0.137 e. The Bertz CT molecular complexity index is 861. The minimum Gasteiger partial charge on any atom is -0.384 e. The van der Waals surface area contributed by atoms with Crippen molar-refractivity contribution in [3.8, 4) is 11.3 Å². The summed E-state index contributed by atoms with van der Waals surface area (Å²) in [6.07, 6.45) is 7.22. The average molecular weight is 305 g/mol. The molecule has 1 aliphatic rings. The van der Waals surface area contributed by atoms with Crippen LogP contribution in [0.15, 0.2) is 36.5 Å². The van der Waals surface area contributed by atoms with Crippen molar-refractivity contribution >= 4 is 11.3 Å². The number of anilines is 1. The van der Waals surface area contributed by atoms with E-state index in [2.05, 4.69) is 60.1 Å². The second-order valence-electron chi connectivity index (χ2n) is 6.41. The maximum atomic E-state index is 4.87. The predicted octanol–water partition coefficient (Wildman–Crippen LogP) is 4.62. The van der Waals surface area contributed by atoms with Crippen molar-refractivity contribution in [3.05, 3.63) is 53.3 Å². The van der Waals surface area contributed by atoms with Crippen molar-refractivity contribution in [2.75, 3.05) is 11.9 Å². The highest BCUT2D eigenvalue weighted by Crippen LogP contribution is 2.29. The van der Waals surface area contributed by atoms with E-state index in [1.165, 1.54) is 48.1 Å². The van der Waals surface area contributed by atoms with E-state index in [1.54, 1.807) is 0 Å². The highest BCUT2D eigenvalue weighted by atomic mass is 15.0. The van der Waals surface area contributed by atoms with E-state index in [1.807, 2.05) is 0 Å². The maximum Gasteiger partial charge on any atom is 0.137 e. The van der Waals surface area contributed by atoms with Crippen molar-refractivity contribution in [1.29, 1.82) is 0 Å². The Balaban J connectivity index is 1.80. The number of nitrogens with one attached hydrogen (secondary N) is 1. The monoisotopic (exact) mass is 305 g/mol. The maximum absolute atomic E-state index is 4.87. The Morgan fingerprint density at radius 3 is 2.74 bits per heavy atom. The molecule has 23 heavy (non-hydrogen) atoms. The molecule has 0 atom stereocenters. The zero-order chi connectivity index (χ0) is 15.8. The normalized spacial score (nSPS) is 14.0. The topological polar surface area (TPSA) is 29.3 Å². The van der Waals surface area contributed by atoms with Gasteiger partial charge in [-0.15, -0.1) is 0 Å². The van der Waals surface area contributed by atoms with Crippen LogP contribution in [-0.4, -0.2) is 15.9 Å². The second kappa shape index (κ2) is 5.73. The van der Waals surface area contributed by atoms with Gasteiger partial charge in [0.1, 0.15) is 5.65 Å². The Morgan fingerprint density at radius 1 is 1.09 bits per heavy atom. The van der Waals surface area contributed by atoms with Gasteiger partial charge in [-0.05, 0) is 68.9 Å². The van der Waals surface area contributed by atoms with Crippen LogP contribution in [-0.2, 0) is 12.8 Å². The highest BCUT2D eigenvalue weighted by Gasteiger charge is 2.14. The molecule has 0 spiro atoms. The van der Waals surface area contributed by atoms with Crippen LogP contribution < -0.4 is 5.32 Å². The lowest BCUT2D eigenvalue weighted by Crippen LogP contribution is -2.02. The summed E-state index contributed by atoms with van der Waals surface area (Å²) in [5.41, 5.74) is 8.74. The molecule has 1 aliphatic carbocycles. The molecule has 0 bridgehead atoms. The van der Waals surface area contributed by atoms with Gasteiger partial charge in [-0.1, -0.05) is 12.1 Å². The third-order valence-corrected chi connectivity index (χ3v) is 4.86. The first-order valence-electron chi connectivity index (χ1n) is 8.61. The fourth-order valence-electron chi connectivity index (χ4n) is 3.63. The fourth-order valence-corrected chi connectivity index (χ4v) is 3.63. The van der Waals surface area contributed by atoms with Gasteiger partial charge in [-0.2, -0.15) is 0 Å². The summed E-state index contributed by atoms with van der Waals surface area (Å²) >= 11 is 0. The predicted molar refractivity (Wildman–Crippen MR) is 96.2 cm³/mol. The first-order chi connectivity index (χ1) is 11.3. The Labute approximate surface area is 137 Å². The van der Waals surface area contributed by atoms with E-state index in [4.69, 9.17) is 4.98 Å². The lowest BCUT2D eigenvalue weighted by molar-refractivity contribution is 0.686. The van der Waals surface area contributed by atoms with Gasteiger partial charge < -0.3 is 9.72 Å². The van der Waals surface area contributed by atoms with Crippen LogP contribution in [0.4, 0.5) is 5.69 Å². The number of fused-ring (bicyclic) bond motifs is 2. The van der Waals surface area contributed by atoms with Gasteiger partial charge in [-0.25, -0.2) is 4.98 Å². The molecule has 3 aromatic rings. The summed E-state index contributed by atoms with van der Waals surface area (Å²) in [6, 6.07) is 11.1. The summed E-state index contributed by atoms with van der Waals surface area (Å²) in [7, 11) is 0. The SMILES string of the molecule is CCNc1ccc2nc(-c3ccc4c(c3)CCCC4)c(C)n2c1. The van der Waals surface area contributed by atoms with Gasteiger partial charge in [0, 0.05) is 24.0 Å². The van der Waals surface area contributed by atoms with Crippen LogP contribution in [0.1, 0.15) is 36.6 Å². The standard InChI is InChI=1S/C20H23N3/c1-3-21-18-10-11-19-22-20(14(2)23(19)13-18)17-9-8-15-6-4-5-7-16(15)12-17/h8-13,21H,3-7H2,1-2H3. The minimum absolute atomic E-state index is 0.928. The molecule has 1 N–H and O–H groups in total. The summed E-state index contributed by atoms with van der Waals surface area (Å²) in [6.45, 7) is 5.20. The molecule has 2 heterocycles. The number of rotatable bonds is 3. The zero-order valence-electron chi connectivity index (χ0n) is 13.9. The van der Waals surface area contributed by atoms with Crippen molar-refractivity contribution in [2.24, 2.45) is 0 Å². The molecule has 3 heteroatoms. The molecular formula is C20H23N3. The van der Waals surface area contributed by atoms with Crippen LogP contribution in [0, 0.1) is 6.92 Å². The van der Waals surface area contributed by atoms with Gasteiger partial charge >= 0.3 is 0 Å². The minimum atomic E-state index is 0.928. The van der Waals surface area contributed by atoms with Crippen LogP contribution in [0.3, 0.4) is 0 Å². The lowest BCUT2D eigenvalue weighted by Gasteiger charge is -2.16. The molecule has 0 saturated carbocycles. The number of aryl methyl sites for hydroxylation is 3. The van der Waals surface area contributed by atoms with E-state index >= 15 is 0 Å². The number of aromatic nitrogens is 2. The number of imidazole rings is 1. The van der Waals surface area contributed by atoms with Crippen molar-refractivity contribution in [1.82, 2.24) is 9.38 Å². The molecule has 0 unspecified atom stereocenters. The number of pyridine rings is 1. The zero-order valence-corrected chi connectivity index (χ0v) is 13.9. The van der Waals surface area contributed by atoms with E-state index in [0.717, 1.165) is 23.6 Å². The molecule has 0 aliphatic heterocycles. The number of nitrogens with zero attached hydrogens (tertiary/aromatic N) is 2. The van der Waals surface area contributed by atoms with Gasteiger partial charge in [-0.3, -0.25) is 0 Å². The highest BCUT2D eigenvalue weighted by molar-refractivity contribution is 5.68. The van der Waals surface area contributed by atoms with Crippen molar-refractivity contribution < 1.29 is 0 Å². The number of benzene rings is 1. The Kier molecular flexibility index (Phi) is 3.56. The van der Waals surface area contributed by atoms with E-state index in [9.17, 15) is 0 Å². The second-order valence-corrected chi connectivity index (χ2v) is 6.41. The number of hydrogen-bond donors (Lipinski definition) is 1. The summed E-state index contributed by atoms with van der Waals surface area (Å²) < 4.78 is 2.19. The molecule has 3 nitrogen and oxygen atoms in total. The van der Waals surface area contributed by atoms with Gasteiger partial charge in [0.05, 0.1) is 11.4 Å². The van der Waals surface area contributed by atoms with Crippen LogP contribution in [0.25, 0.3) is 16.9 Å². The molecule has 0 radical (unpaired) electrons. The van der Waals surface area contributed by atoms with Crippen LogP contribution >= 0.6 is 0 Å². The van der Waals surface area contributed by atoms with Crippen molar-refractivity contribution in [3.63, 3.8) is 0 Å². The number of hydrogen-bond acceptors (Lipinski definition) is 2. The van der Waals surface area contributed by atoms with E-state index in [0.29, 0.717) is 0 Å². The molecule has 0 amide bonds. The van der Waals surface area contributed by atoms with Gasteiger partial charge in [0.15, 0.2) is 0 Å². The van der Waals surface area contributed by atoms with Crippen LogP contribution in [0.5, 0.6) is 0 Å². The molecular weight excluding hydrogens is 282 g/mol. The van der Waals surface area contributed by atoms with Gasteiger partial charge in [0.2, 0.25) is 0 Å². The largest absolute Gasteiger partial charge is 0.384 e. The summed E-state index contributed by atoms with van der Waals surface area (Å²) in [5.74, 6) is 0. The summed E-state index contributed by atoms with van der Waals surface area (Å²) in [4.78, 5) is 4.87. The Hall–Kier alpha value is -2.29. The van der Waals surface area contributed by atoms with E-state index < -0.39 is 0 Å². The van der Waals surface area contributed by atoms with Crippen LogP contribution in [0.2, 0.25) is 0 Å². The first-order valence-corrected chi connectivity index (χ1v) is 8.61. The summed E-state index contributed by atoms with van der Waals surface area (Å²) in [5, 5.41) is 3.37. The lowest BCUT2D eigenvalue weighted by atomic mass is 9.90. The molecule has 0 fully saturated rings. The molecule has 118 valence electrons. The fraction of sp³-hybridized carbons (Fsp3) is 0.350. The molecule has 0 saturated heterocycles. The van der Waals surface area contributed by atoms with Gasteiger partial charge in [0.25, 0.3) is 0 Å². The quantitative estimate of drug-likeness (QED) is 0.765.